The van der Waals surface area contributed by atoms with Crippen LogP contribution in [-0.2, 0) is 11.3 Å². The van der Waals surface area contributed by atoms with Gasteiger partial charge < -0.3 is 15.0 Å². The first-order chi connectivity index (χ1) is 9.70. The van der Waals surface area contributed by atoms with Gasteiger partial charge in [0.05, 0.1) is 0 Å². The maximum absolute atomic E-state index is 5.44. The fourth-order valence-corrected chi connectivity index (χ4v) is 3.15. The summed E-state index contributed by atoms with van der Waals surface area (Å²) in [6.45, 7) is 7.01. The normalized spacial score (nSPS) is 16.4. The zero-order valence-electron chi connectivity index (χ0n) is 12.5. The number of rotatable bonds is 6. The third kappa shape index (κ3) is 4.47. The van der Waals surface area contributed by atoms with Gasteiger partial charge in [0.15, 0.2) is 0 Å². The molecule has 0 aromatic heterocycles. The fourth-order valence-electron chi connectivity index (χ4n) is 2.74. The standard InChI is InChI=1S/C16H25BrN2O/c1-3-18-11-14-10-15(17)4-5-16(14)19(2)12-13-6-8-20-9-7-13/h4-5,10,13,18H,3,6-9,11-12H2,1-2H3. The minimum Gasteiger partial charge on any atom is -0.381 e. The van der Waals surface area contributed by atoms with E-state index in [1.165, 1.54) is 24.1 Å². The zero-order chi connectivity index (χ0) is 14.4. The summed E-state index contributed by atoms with van der Waals surface area (Å²) in [6.07, 6.45) is 2.37. The molecule has 20 heavy (non-hydrogen) atoms. The summed E-state index contributed by atoms with van der Waals surface area (Å²) in [5.41, 5.74) is 2.69. The third-order valence-corrected chi connectivity index (χ3v) is 4.38. The average molecular weight is 341 g/mol. The van der Waals surface area contributed by atoms with Gasteiger partial charge in [-0.05, 0) is 49.1 Å². The van der Waals surface area contributed by atoms with Crippen LogP contribution in [0.15, 0.2) is 22.7 Å². The summed E-state index contributed by atoms with van der Waals surface area (Å²) in [5, 5.41) is 3.42. The molecule has 0 atom stereocenters. The SMILES string of the molecule is CCNCc1cc(Br)ccc1N(C)CC1CCOCC1. The molecular weight excluding hydrogens is 316 g/mol. The molecule has 1 aliphatic rings. The van der Waals surface area contributed by atoms with Gasteiger partial charge in [-0.1, -0.05) is 22.9 Å². The molecule has 0 amide bonds. The second kappa shape index (κ2) is 8.01. The Morgan fingerprint density at radius 2 is 2.10 bits per heavy atom. The van der Waals surface area contributed by atoms with E-state index in [-0.39, 0.29) is 0 Å². The molecule has 0 spiro atoms. The summed E-state index contributed by atoms with van der Waals surface area (Å²) >= 11 is 3.57. The highest BCUT2D eigenvalue weighted by Gasteiger charge is 2.17. The van der Waals surface area contributed by atoms with E-state index in [2.05, 4.69) is 58.3 Å². The van der Waals surface area contributed by atoms with E-state index in [9.17, 15) is 0 Å². The van der Waals surface area contributed by atoms with E-state index in [1.807, 2.05) is 0 Å². The number of ether oxygens (including phenoxy) is 1. The Morgan fingerprint density at radius 1 is 1.35 bits per heavy atom. The van der Waals surface area contributed by atoms with E-state index >= 15 is 0 Å². The van der Waals surface area contributed by atoms with Crippen LogP contribution in [0.2, 0.25) is 0 Å². The van der Waals surface area contributed by atoms with Gasteiger partial charge in [0, 0.05) is 43.5 Å². The molecule has 0 radical (unpaired) electrons. The Kier molecular flexibility index (Phi) is 6.33. The lowest BCUT2D eigenvalue weighted by Crippen LogP contribution is -2.30. The Bertz CT molecular complexity index is 419. The van der Waals surface area contributed by atoms with E-state index < -0.39 is 0 Å². The highest BCUT2D eigenvalue weighted by atomic mass is 79.9. The third-order valence-electron chi connectivity index (χ3n) is 3.89. The number of nitrogens with one attached hydrogen (secondary N) is 1. The lowest BCUT2D eigenvalue weighted by molar-refractivity contribution is 0.0685. The van der Waals surface area contributed by atoms with Gasteiger partial charge in [0.1, 0.15) is 0 Å². The molecule has 0 unspecified atom stereocenters. The number of benzene rings is 1. The van der Waals surface area contributed by atoms with Crippen molar-refractivity contribution in [1.29, 1.82) is 0 Å². The zero-order valence-corrected chi connectivity index (χ0v) is 14.1. The van der Waals surface area contributed by atoms with Gasteiger partial charge in [-0.3, -0.25) is 0 Å². The van der Waals surface area contributed by atoms with Crippen molar-refractivity contribution in [2.24, 2.45) is 5.92 Å². The van der Waals surface area contributed by atoms with Gasteiger partial charge >= 0.3 is 0 Å². The van der Waals surface area contributed by atoms with Crippen LogP contribution in [0.5, 0.6) is 0 Å². The molecule has 1 aromatic carbocycles. The van der Waals surface area contributed by atoms with Crippen molar-refractivity contribution in [3.63, 3.8) is 0 Å². The predicted molar refractivity (Wildman–Crippen MR) is 88.3 cm³/mol. The first-order valence-corrected chi connectivity index (χ1v) is 8.28. The molecule has 0 bridgehead atoms. The number of hydrogen-bond acceptors (Lipinski definition) is 3. The maximum Gasteiger partial charge on any atom is 0.0469 e. The molecule has 112 valence electrons. The number of hydrogen-bond donors (Lipinski definition) is 1. The Morgan fingerprint density at radius 3 is 2.80 bits per heavy atom. The molecule has 0 aliphatic carbocycles. The van der Waals surface area contributed by atoms with Crippen LogP contribution < -0.4 is 10.2 Å². The molecule has 1 saturated heterocycles. The lowest BCUT2D eigenvalue weighted by atomic mass is 9.99. The van der Waals surface area contributed by atoms with E-state index in [0.29, 0.717) is 0 Å². The number of anilines is 1. The van der Waals surface area contributed by atoms with Crippen LogP contribution in [0.3, 0.4) is 0 Å². The smallest absolute Gasteiger partial charge is 0.0469 e. The van der Waals surface area contributed by atoms with Crippen molar-refractivity contribution in [3.05, 3.63) is 28.2 Å². The van der Waals surface area contributed by atoms with E-state index in [4.69, 9.17) is 4.74 Å². The first kappa shape index (κ1) is 15.8. The van der Waals surface area contributed by atoms with Crippen molar-refractivity contribution in [2.75, 3.05) is 38.3 Å². The molecule has 1 fully saturated rings. The molecular formula is C16H25BrN2O. The van der Waals surface area contributed by atoms with Crippen molar-refractivity contribution in [2.45, 2.75) is 26.3 Å². The molecule has 1 N–H and O–H groups in total. The Hall–Kier alpha value is -0.580. The summed E-state index contributed by atoms with van der Waals surface area (Å²) in [5.74, 6) is 0.754. The molecule has 2 rings (SSSR count). The van der Waals surface area contributed by atoms with Gasteiger partial charge in [0.25, 0.3) is 0 Å². The first-order valence-electron chi connectivity index (χ1n) is 7.48. The molecule has 0 saturated carbocycles. The Labute approximate surface area is 130 Å². The van der Waals surface area contributed by atoms with Gasteiger partial charge in [-0.25, -0.2) is 0 Å². The van der Waals surface area contributed by atoms with E-state index in [1.54, 1.807) is 0 Å². The maximum atomic E-state index is 5.44. The summed E-state index contributed by atoms with van der Waals surface area (Å²) in [6, 6.07) is 6.57. The molecule has 1 aromatic rings. The minimum atomic E-state index is 0.754. The van der Waals surface area contributed by atoms with Crippen LogP contribution in [0, 0.1) is 5.92 Å². The van der Waals surface area contributed by atoms with Gasteiger partial charge in [-0.15, -0.1) is 0 Å². The highest BCUT2D eigenvalue weighted by molar-refractivity contribution is 9.10. The van der Waals surface area contributed by atoms with E-state index in [0.717, 1.165) is 43.2 Å². The van der Waals surface area contributed by atoms with Crippen LogP contribution >= 0.6 is 15.9 Å². The lowest BCUT2D eigenvalue weighted by Gasteiger charge is -2.30. The largest absolute Gasteiger partial charge is 0.381 e. The number of halogens is 1. The minimum absolute atomic E-state index is 0.754. The second-order valence-electron chi connectivity index (χ2n) is 5.49. The molecule has 4 heteroatoms. The molecule has 1 heterocycles. The van der Waals surface area contributed by atoms with Crippen LogP contribution in [0.25, 0.3) is 0 Å². The predicted octanol–water partition coefficient (Wildman–Crippen LogP) is 3.42. The second-order valence-corrected chi connectivity index (χ2v) is 6.41. The highest BCUT2D eigenvalue weighted by Crippen LogP contribution is 2.26. The molecule has 3 nitrogen and oxygen atoms in total. The summed E-state index contributed by atoms with van der Waals surface area (Å²) in [4.78, 5) is 2.40. The van der Waals surface area contributed by atoms with Crippen molar-refractivity contribution >= 4 is 21.6 Å². The molecule has 1 aliphatic heterocycles. The van der Waals surface area contributed by atoms with Crippen LogP contribution in [-0.4, -0.2) is 33.4 Å². The van der Waals surface area contributed by atoms with Crippen LogP contribution in [0.4, 0.5) is 5.69 Å². The summed E-state index contributed by atoms with van der Waals surface area (Å²) in [7, 11) is 2.20. The fraction of sp³-hybridized carbons (Fsp3) is 0.625. The van der Waals surface area contributed by atoms with Crippen molar-refractivity contribution in [1.82, 2.24) is 5.32 Å². The van der Waals surface area contributed by atoms with Gasteiger partial charge in [0.2, 0.25) is 0 Å². The summed E-state index contributed by atoms with van der Waals surface area (Å²) < 4.78 is 6.59. The van der Waals surface area contributed by atoms with Crippen LogP contribution in [0.1, 0.15) is 25.3 Å². The monoisotopic (exact) mass is 340 g/mol. The van der Waals surface area contributed by atoms with Crippen molar-refractivity contribution in [3.8, 4) is 0 Å². The van der Waals surface area contributed by atoms with Crippen molar-refractivity contribution < 1.29 is 4.74 Å². The number of nitrogens with zero attached hydrogens (tertiary/aromatic N) is 1. The van der Waals surface area contributed by atoms with Gasteiger partial charge in [-0.2, -0.15) is 0 Å². The average Bonchev–Trinajstić information content (AvgIpc) is 2.46. The topological polar surface area (TPSA) is 24.5 Å². The Balaban J connectivity index is 2.05. The quantitative estimate of drug-likeness (QED) is 0.858.